The van der Waals surface area contributed by atoms with Gasteiger partial charge in [0.1, 0.15) is 5.75 Å². The predicted octanol–water partition coefficient (Wildman–Crippen LogP) is 2.93. The van der Waals surface area contributed by atoms with E-state index in [4.69, 9.17) is 19.6 Å². The van der Waals surface area contributed by atoms with Gasteiger partial charge in [0.25, 0.3) is 5.91 Å². The maximum Gasteiger partial charge on any atom is 0.343 e. The Bertz CT molecular complexity index is 1460. The molecule has 2 aromatic rings. The summed E-state index contributed by atoms with van der Waals surface area (Å²) in [4.78, 5) is 29.0. The van der Waals surface area contributed by atoms with Gasteiger partial charge in [0.15, 0.2) is 17.3 Å². The van der Waals surface area contributed by atoms with Gasteiger partial charge in [-0.15, -0.1) is 5.10 Å². The number of esters is 1. The lowest BCUT2D eigenvalue weighted by Crippen LogP contribution is -2.35. The second-order valence-corrected chi connectivity index (χ2v) is 10.7. The van der Waals surface area contributed by atoms with Gasteiger partial charge in [-0.2, -0.15) is 10.0 Å². The van der Waals surface area contributed by atoms with Crippen LogP contribution in [-0.2, 0) is 14.6 Å². The van der Waals surface area contributed by atoms with Crippen LogP contribution in [0.1, 0.15) is 22.8 Å². The molecule has 2 aliphatic heterocycles. The van der Waals surface area contributed by atoms with Crippen LogP contribution in [0.2, 0.25) is 0 Å². The molecule has 2 aromatic carbocycles. The SMILES string of the molecule is CCS(=O)(=O)C1=NN2C(=N)/C(=C\c3ccc(OC(=O)c4ccc(OC)cc4)c(OC)c3)C(=O)N=C2S1. The molecule has 0 saturated carbocycles. The molecule has 2 heterocycles. The van der Waals surface area contributed by atoms with Crippen LogP contribution in [0.4, 0.5) is 0 Å². The molecule has 1 N–H and O–H groups in total. The number of hydrazone groups is 1. The monoisotopic (exact) mass is 528 g/mol. The van der Waals surface area contributed by atoms with E-state index in [9.17, 15) is 18.0 Å². The Morgan fingerprint density at radius 2 is 1.83 bits per heavy atom. The van der Waals surface area contributed by atoms with Crippen LogP contribution in [0.3, 0.4) is 0 Å². The predicted molar refractivity (Wildman–Crippen MR) is 135 cm³/mol. The lowest BCUT2D eigenvalue weighted by Gasteiger charge is -2.20. The Kier molecular flexibility index (Phi) is 6.95. The third kappa shape index (κ3) is 4.88. The number of hydrogen-bond acceptors (Lipinski definition) is 10. The highest BCUT2D eigenvalue weighted by Gasteiger charge is 2.39. The first kappa shape index (κ1) is 25.1. The summed E-state index contributed by atoms with van der Waals surface area (Å²) in [7, 11) is -0.704. The van der Waals surface area contributed by atoms with Crippen molar-refractivity contribution < 1.29 is 32.2 Å². The molecule has 0 bridgehead atoms. The van der Waals surface area contributed by atoms with Crippen LogP contribution in [-0.4, -0.2) is 60.7 Å². The number of benzene rings is 2. The number of fused-ring (bicyclic) bond motifs is 1. The highest BCUT2D eigenvalue weighted by atomic mass is 32.3. The number of amidine groups is 2. The molecule has 0 spiro atoms. The second kappa shape index (κ2) is 9.95. The fourth-order valence-electron chi connectivity index (χ4n) is 3.13. The molecule has 13 heteroatoms. The van der Waals surface area contributed by atoms with E-state index in [1.807, 2.05) is 0 Å². The number of ether oxygens (including phenoxy) is 3. The first-order chi connectivity index (χ1) is 17.2. The quantitative estimate of drug-likeness (QED) is 0.339. The highest BCUT2D eigenvalue weighted by molar-refractivity contribution is 8.42. The average molecular weight is 529 g/mol. The second-order valence-electron chi connectivity index (χ2n) is 7.32. The van der Waals surface area contributed by atoms with Gasteiger partial charge in [0.2, 0.25) is 19.4 Å². The summed E-state index contributed by atoms with van der Waals surface area (Å²) >= 11 is 0.729. The minimum atomic E-state index is -3.62. The zero-order chi connectivity index (χ0) is 26.0. The molecule has 0 aromatic heterocycles. The Morgan fingerprint density at radius 3 is 2.47 bits per heavy atom. The van der Waals surface area contributed by atoms with Gasteiger partial charge in [0.05, 0.1) is 31.1 Å². The standard InChI is InChI=1S/C23H20N4O7S2/c1-4-36(30,31)23-26-27-19(24)16(20(28)25-22(27)35-23)11-13-5-10-17(18(12-13)33-3)34-21(29)14-6-8-15(32-2)9-7-14/h5-12,24H,4H2,1-3H3/b16-11+,24-19?. The maximum absolute atomic E-state index is 12.6. The topological polar surface area (TPSA) is 148 Å². The molecule has 0 atom stereocenters. The van der Waals surface area contributed by atoms with Gasteiger partial charge < -0.3 is 14.2 Å². The van der Waals surface area contributed by atoms with E-state index >= 15 is 0 Å². The fourth-order valence-corrected chi connectivity index (χ4v) is 5.30. The molecule has 36 heavy (non-hydrogen) atoms. The molecule has 0 unspecified atom stereocenters. The number of methoxy groups -OCH3 is 2. The first-order valence-corrected chi connectivity index (χ1v) is 12.9. The Hall–Kier alpha value is -3.97. The summed E-state index contributed by atoms with van der Waals surface area (Å²) < 4.78 is 39.9. The van der Waals surface area contributed by atoms with Crippen LogP contribution < -0.4 is 14.2 Å². The van der Waals surface area contributed by atoms with Gasteiger partial charge in [-0.1, -0.05) is 13.0 Å². The number of nitrogens with one attached hydrogen (secondary N) is 1. The minimum Gasteiger partial charge on any atom is -0.497 e. The van der Waals surface area contributed by atoms with Crippen molar-refractivity contribution in [2.45, 2.75) is 6.92 Å². The number of carbonyl (C=O) groups is 2. The van der Waals surface area contributed by atoms with Crippen molar-refractivity contribution >= 4 is 54.9 Å². The van der Waals surface area contributed by atoms with E-state index in [1.165, 1.54) is 39.4 Å². The Balaban J connectivity index is 1.58. The number of amides is 1. The molecule has 11 nitrogen and oxygen atoms in total. The molecule has 186 valence electrons. The number of thioether (sulfide) groups is 1. The van der Waals surface area contributed by atoms with E-state index in [0.29, 0.717) is 16.9 Å². The summed E-state index contributed by atoms with van der Waals surface area (Å²) in [5.41, 5.74) is 0.677. The number of nitrogens with zero attached hydrogens (tertiary/aromatic N) is 3. The maximum atomic E-state index is 12.6. The third-order valence-electron chi connectivity index (χ3n) is 5.11. The van der Waals surface area contributed by atoms with E-state index in [2.05, 4.69) is 10.1 Å². The highest BCUT2D eigenvalue weighted by Crippen LogP contribution is 2.33. The minimum absolute atomic E-state index is 0.00699. The molecule has 4 rings (SSSR count). The normalized spacial score (nSPS) is 16.4. The summed E-state index contributed by atoms with van der Waals surface area (Å²) in [5.74, 6) is -0.820. The molecule has 0 fully saturated rings. The van der Waals surface area contributed by atoms with Gasteiger partial charge >= 0.3 is 5.97 Å². The fraction of sp³-hybridized carbons (Fsp3) is 0.174. The van der Waals surface area contributed by atoms with E-state index in [0.717, 1.165) is 16.8 Å². The number of sulfone groups is 1. The van der Waals surface area contributed by atoms with E-state index in [-0.39, 0.29) is 38.2 Å². The van der Waals surface area contributed by atoms with Gasteiger partial charge in [-0.3, -0.25) is 10.2 Å². The Morgan fingerprint density at radius 1 is 1.11 bits per heavy atom. The number of hydrogen-bond donors (Lipinski definition) is 1. The molecular weight excluding hydrogens is 508 g/mol. The van der Waals surface area contributed by atoms with Gasteiger partial charge in [-0.05, 0) is 59.8 Å². The molecule has 0 saturated heterocycles. The third-order valence-corrected chi connectivity index (χ3v) is 8.20. The number of carbonyl (C=O) groups excluding carboxylic acids is 2. The Labute approximate surface area is 210 Å². The summed E-state index contributed by atoms with van der Waals surface area (Å²) in [5, 5.41) is 13.4. The van der Waals surface area contributed by atoms with Crippen molar-refractivity contribution in [1.82, 2.24) is 5.01 Å². The zero-order valence-corrected chi connectivity index (χ0v) is 21.0. The summed E-state index contributed by atoms with van der Waals surface area (Å²) in [6.07, 6.45) is 1.40. The van der Waals surface area contributed by atoms with Crippen molar-refractivity contribution in [3.63, 3.8) is 0 Å². The van der Waals surface area contributed by atoms with Crippen molar-refractivity contribution in [2.75, 3.05) is 20.0 Å². The van der Waals surface area contributed by atoms with E-state index < -0.39 is 21.7 Å². The molecule has 1 amide bonds. The van der Waals surface area contributed by atoms with Crippen LogP contribution in [0.5, 0.6) is 17.2 Å². The van der Waals surface area contributed by atoms with Crippen LogP contribution in [0, 0.1) is 5.41 Å². The lowest BCUT2D eigenvalue weighted by molar-refractivity contribution is -0.114. The summed E-state index contributed by atoms with van der Waals surface area (Å²) in [6, 6.07) is 11.0. The average Bonchev–Trinajstić information content (AvgIpc) is 3.32. The van der Waals surface area contributed by atoms with Crippen molar-refractivity contribution in [1.29, 1.82) is 5.41 Å². The lowest BCUT2D eigenvalue weighted by atomic mass is 10.1. The number of rotatable bonds is 6. The largest absolute Gasteiger partial charge is 0.497 e. The number of aliphatic imine (C=N–C) groups is 1. The van der Waals surface area contributed by atoms with Crippen molar-refractivity contribution in [3.8, 4) is 17.2 Å². The van der Waals surface area contributed by atoms with E-state index in [1.54, 1.807) is 30.3 Å². The smallest absolute Gasteiger partial charge is 0.343 e. The van der Waals surface area contributed by atoms with Crippen molar-refractivity contribution in [2.24, 2.45) is 10.1 Å². The van der Waals surface area contributed by atoms with Gasteiger partial charge in [0, 0.05) is 0 Å². The van der Waals surface area contributed by atoms with Crippen LogP contribution in [0.15, 0.2) is 58.1 Å². The summed E-state index contributed by atoms with van der Waals surface area (Å²) in [6.45, 7) is 1.48. The molecule has 2 aliphatic rings. The molecule has 0 aliphatic carbocycles. The first-order valence-electron chi connectivity index (χ1n) is 10.4. The van der Waals surface area contributed by atoms with Crippen molar-refractivity contribution in [3.05, 3.63) is 59.2 Å². The van der Waals surface area contributed by atoms with Gasteiger partial charge in [-0.25, -0.2) is 13.2 Å². The molecular formula is C23H20N4O7S2. The van der Waals surface area contributed by atoms with Crippen LogP contribution >= 0.6 is 11.8 Å². The van der Waals surface area contributed by atoms with Crippen LogP contribution in [0.25, 0.3) is 6.08 Å². The zero-order valence-electron chi connectivity index (χ0n) is 19.3. The molecule has 0 radical (unpaired) electrons.